The molecule has 1 unspecified atom stereocenters. The number of nitrogens with one attached hydrogen (secondary N) is 7. The summed E-state index contributed by atoms with van der Waals surface area (Å²) in [5, 5.41) is 18.4. The van der Waals surface area contributed by atoms with Crippen LogP contribution < -0.4 is 37.2 Å². The molecule has 4 atom stereocenters. The highest BCUT2D eigenvalue weighted by Gasteiger charge is 2.38. The van der Waals surface area contributed by atoms with E-state index in [1.54, 1.807) is 6.92 Å². The number of ketones is 1. The van der Waals surface area contributed by atoms with Crippen LogP contribution in [0, 0.1) is 11.8 Å². The van der Waals surface area contributed by atoms with Crippen molar-refractivity contribution in [2.45, 2.75) is 76.4 Å². The zero-order valence-electron chi connectivity index (χ0n) is 29.4. The summed E-state index contributed by atoms with van der Waals surface area (Å²) in [5.74, 6) is -5.78. The molecule has 7 amide bonds. The molecule has 1 aromatic heterocycles. The third-order valence-electron chi connectivity index (χ3n) is 8.81. The van der Waals surface area contributed by atoms with Gasteiger partial charge in [0.15, 0.2) is 0 Å². The van der Waals surface area contributed by atoms with E-state index < -0.39 is 71.8 Å². The molecule has 1 saturated heterocycles. The molecular weight excluding hydrogens is 664 g/mol. The third kappa shape index (κ3) is 13.3. The summed E-state index contributed by atoms with van der Waals surface area (Å²) in [4.78, 5) is 111. The summed E-state index contributed by atoms with van der Waals surface area (Å²) in [5.41, 5.74) is 0.0423. The first-order valence-electron chi connectivity index (χ1n) is 17.3. The van der Waals surface area contributed by atoms with Crippen LogP contribution in [0.1, 0.15) is 68.8 Å². The predicted molar refractivity (Wildman–Crippen MR) is 182 cm³/mol. The summed E-state index contributed by atoms with van der Waals surface area (Å²) >= 11 is 0. The Kier molecular flexibility index (Phi) is 16.3. The van der Waals surface area contributed by atoms with Gasteiger partial charge in [0.05, 0.1) is 43.8 Å². The number of Topliss-reactive ketones (excluding diaryl/α,β-unsaturated/α-hetero) is 1. The number of rotatable bonds is 18. The van der Waals surface area contributed by atoms with Gasteiger partial charge in [0.2, 0.25) is 35.3 Å². The Morgan fingerprint density at radius 3 is 2.25 bits per heavy atom. The van der Waals surface area contributed by atoms with Crippen LogP contribution >= 0.6 is 0 Å². The Morgan fingerprint density at radius 1 is 0.863 bits per heavy atom. The van der Waals surface area contributed by atoms with Gasteiger partial charge >= 0.3 is 0 Å². The van der Waals surface area contributed by atoms with Crippen LogP contribution in [-0.4, -0.2) is 127 Å². The van der Waals surface area contributed by atoms with Crippen LogP contribution in [-0.2, 0) is 33.6 Å². The first kappa shape index (κ1) is 40.4. The number of carbonyl (C=O) groups excluding carboxylic acids is 8. The number of amides is 7. The van der Waals surface area contributed by atoms with E-state index in [1.807, 2.05) is 0 Å². The molecule has 0 bridgehead atoms. The molecular formula is C33H50N10O8. The Labute approximate surface area is 296 Å². The highest BCUT2D eigenvalue weighted by molar-refractivity contribution is 6.38. The van der Waals surface area contributed by atoms with Gasteiger partial charge in [-0.15, -0.1) is 0 Å². The average Bonchev–Trinajstić information content (AvgIpc) is 3.59. The molecule has 51 heavy (non-hydrogen) atoms. The number of aromatic nitrogens is 2. The second-order valence-electron chi connectivity index (χ2n) is 13.0. The van der Waals surface area contributed by atoms with Crippen molar-refractivity contribution in [3.63, 3.8) is 0 Å². The van der Waals surface area contributed by atoms with E-state index in [1.165, 1.54) is 37.6 Å². The fourth-order valence-corrected chi connectivity index (χ4v) is 5.93. The SMILES string of the molecule is CCC[C@H](NC(=O)[C@@H]1CNC[C@@H]1NC(=O)C(CC1CCCCC1)NC(=O)CNC(=O)c1cnccn1)C(=O)C(=O)NCC(=O)NCC(=O)N(C)C. The number of hydrogen-bond acceptors (Lipinski definition) is 11. The Hall–Kier alpha value is -5.00. The lowest BCUT2D eigenvalue weighted by Gasteiger charge is -2.28. The van der Waals surface area contributed by atoms with Crippen LogP contribution in [0.3, 0.4) is 0 Å². The molecule has 280 valence electrons. The quantitative estimate of drug-likeness (QED) is 0.0786. The van der Waals surface area contributed by atoms with E-state index in [4.69, 9.17) is 0 Å². The maximum absolute atomic E-state index is 13.7. The monoisotopic (exact) mass is 714 g/mol. The summed E-state index contributed by atoms with van der Waals surface area (Å²) in [6.45, 7) is 1.03. The van der Waals surface area contributed by atoms with Crippen LogP contribution in [0.25, 0.3) is 0 Å². The molecule has 2 fully saturated rings. The van der Waals surface area contributed by atoms with Crippen LogP contribution in [0.2, 0.25) is 0 Å². The number of nitrogens with zero attached hydrogens (tertiary/aromatic N) is 3. The Bertz CT molecular complexity index is 1400. The molecule has 1 aromatic rings. The fourth-order valence-electron chi connectivity index (χ4n) is 5.93. The summed E-state index contributed by atoms with van der Waals surface area (Å²) in [7, 11) is 3.05. The lowest BCUT2D eigenvalue weighted by atomic mass is 9.84. The minimum absolute atomic E-state index is 0.0423. The number of carbonyl (C=O) groups is 8. The zero-order valence-corrected chi connectivity index (χ0v) is 29.4. The normalized spacial score (nSPS) is 18.3. The Morgan fingerprint density at radius 2 is 1.59 bits per heavy atom. The predicted octanol–water partition coefficient (Wildman–Crippen LogP) is -2.46. The first-order chi connectivity index (χ1) is 24.4. The van der Waals surface area contributed by atoms with Crippen molar-refractivity contribution in [3.8, 4) is 0 Å². The molecule has 0 spiro atoms. The standard InChI is InChI=1S/C33H50N10O8/c1-4-8-22(29(47)33(51)39-17-26(44)37-19-28(46)43(2)3)41-30(48)21-14-35-15-24(21)42-32(50)23(13-20-9-6-5-7-10-20)40-27(45)18-38-31(49)25-16-34-11-12-36-25/h11-12,16,20-24,35H,4-10,13-15,17-19H2,1-3H3,(H,37,44)(H,38,49)(H,39,51)(H,40,45)(H,41,48)(H,42,50)/t21-,22+,23?,24+/m1/s1. The van der Waals surface area contributed by atoms with Crippen molar-refractivity contribution in [3.05, 3.63) is 24.3 Å². The zero-order chi connectivity index (χ0) is 37.3. The lowest BCUT2D eigenvalue weighted by molar-refractivity contribution is -0.141. The summed E-state index contributed by atoms with van der Waals surface area (Å²) in [6, 6.07) is -2.78. The van der Waals surface area contributed by atoms with Gasteiger partial charge in [-0.05, 0) is 18.8 Å². The smallest absolute Gasteiger partial charge is 0.290 e. The van der Waals surface area contributed by atoms with Gasteiger partial charge in [0.1, 0.15) is 11.7 Å². The maximum atomic E-state index is 13.7. The topological polar surface area (TPSA) is 250 Å². The highest BCUT2D eigenvalue weighted by atomic mass is 16.2. The molecule has 3 rings (SSSR count). The molecule has 1 aliphatic heterocycles. The van der Waals surface area contributed by atoms with Gasteiger partial charge in [0.25, 0.3) is 11.8 Å². The van der Waals surface area contributed by atoms with Crippen molar-refractivity contribution in [1.82, 2.24) is 52.1 Å². The van der Waals surface area contributed by atoms with Crippen molar-refractivity contribution < 1.29 is 38.4 Å². The molecule has 18 nitrogen and oxygen atoms in total. The fraction of sp³-hybridized carbons (Fsp3) is 0.636. The Balaban J connectivity index is 1.58. The number of hydrogen-bond donors (Lipinski definition) is 7. The van der Waals surface area contributed by atoms with Crippen molar-refractivity contribution in [2.24, 2.45) is 11.8 Å². The van der Waals surface area contributed by atoms with E-state index >= 15 is 0 Å². The average molecular weight is 715 g/mol. The van der Waals surface area contributed by atoms with Gasteiger partial charge in [-0.25, -0.2) is 4.98 Å². The van der Waals surface area contributed by atoms with E-state index in [0.717, 1.165) is 32.1 Å². The van der Waals surface area contributed by atoms with Crippen LogP contribution in [0.5, 0.6) is 0 Å². The molecule has 1 aliphatic carbocycles. The van der Waals surface area contributed by atoms with E-state index in [0.29, 0.717) is 12.8 Å². The minimum Gasteiger partial charge on any atom is -0.349 e. The molecule has 2 aliphatic rings. The van der Waals surface area contributed by atoms with Crippen molar-refractivity contribution >= 4 is 47.1 Å². The lowest BCUT2D eigenvalue weighted by Crippen LogP contribution is -2.56. The van der Waals surface area contributed by atoms with Crippen molar-refractivity contribution in [2.75, 3.05) is 46.8 Å². The van der Waals surface area contributed by atoms with Gasteiger partial charge in [-0.1, -0.05) is 45.4 Å². The number of likely N-dealkylation sites (N-methyl/N-ethyl adjacent to an activating group) is 1. The van der Waals surface area contributed by atoms with Gasteiger partial charge in [0, 0.05) is 39.6 Å². The van der Waals surface area contributed by atoms with Crippen molar-refractivity contribution in [1.29, 1.82) is 0 Å². The maximum Gasteiger partial charge on any atom is 0.290 e. The molecule has 7 N–H and O–H groups in total. The van der Waals surface area contributed by atoms with E-state index in [9.17, 15) is 38.4 Å². The van der Waals surface area contributed by atoms with Gasteiger partial charge in [-0.3, -0.25) is 43.3 Å². The third-order valence-corrected chi connectivity index (χ3v) is 8.81. The minimum atomic E-state index is -1.17. The van der Waals surface area contributed by atoms with E-state index in [2.05, 4.69) is 47.2 Å². The molecule has 18 heteroatoms. The van der Waals surface area contributed by atoms with Crippen LogP contribution in [0.15, 0.2) is 18.6 Å². The largest absolute Gasteiger partial charge is 0.349 e. The second kappa shape index (κ2) is 20.6. The molecule has 0 aromatic carbocycles. The summed E-state index contributed by atoms with van der Waals surface area (Å²) < 4.78 is 0. The molecule has 0 radical (unpaired) electrons. The highest BCUT2D eigenvalue weighted by Crippen LogP contribution is 2.27. The van der Waals surface area contributed by atoms with Crippen LogP contribution in [0.4, 0.5) is 0 Å². The van der Waals surface area contributed by atoms with Gasteiger partial charge < -0.3 is 42.1 Å². The summed E-state index contributed by atoms with van der Waals surface area (Å²) in [6.07, 6.45) is 10.0. The van der Waals surface area contributed by atoms with Gasteiger partial charge in [-0.2, -0.15) is 0 Å². The first-order valence-corrected chi connectivity index (χ1v) is 17.3. The molecule has 2 heterocycles. The second-order valence-corrected chi connectivity index (χ2v) is 13.0. The van der Waals surface area contributed by atoms with E-state index in [-0.39, 0.29) is 50.1 Å². The molecule has 1 saturated carbocycles.